The summed E-state index contributed by atoms with van der Waals surface area (Å²) in [4.78, 5) is 11.7. The van der Waals surface area contributed by atoms with Gasteiger partial charge in [0, 0.05) is 12.6 Å². The number of H-pyrrole nitrogens is 1. The molecule has 0 saturated carbocycles. The topological polar surface area (TPSA) is 83.8 Å². The maximum atomic E-state index is 12.8. The highest BCUT2D eigenvalue weighted by Crippen LogP contribution is 2.31. The summed E-state index contributed by atoms with van der Waals surface area (Å²) in [5.74, 6) is -0.447. The summed E-state index contributed by atoms with van der Waals surface area (Å²) in [6.07, 6.45) is -4.46. The van der Waals surface area contributed by atoms with Crippen molar-refractivity contribution in [3.05, 3.63) is 47.2 Å². The largest absolute Gasteiger partial charge is 0.416 e. The second-order valence-electron chi connectivity index (χ2n) is 4.04. The minimum Gasteiger partial charge on any atom is -0.382 e. The number of anilines is 1. The smallest absolute Gasteiger partial charge is 0.382 e. The number of benzene rings is 1. The molecule has 2 aromatic rings. The lowest BCUT2D eigenvalue weighted by Crippen LogP contribution is -2.24. The van der Waals surface area contributed by atoms with E-state index in [2.05, 4.69) is 15.5 Å². The van der Waals surface area contributed by atoms with Crippen LogP contribution in [0.25, 0.3) is 0 Å². The first kappa shape index (κ1) is 13.9. The molecule has 0 aliphatic rings. The molecule has 1 aromatic heterocycles. The number of rotatable bonds is 3. The van der Waals surface area contributed by atoms with Gasteiger partial charge in [0.05, 0.1) is 5.56 Å². The number of aromatic amines is 1. The van der Waals surface area contributed by atoms with Gasteiger partial charge in [-0.1, -0.05) is 18.2 Å². The summed E-state index contributed by atoms with van der Waals surface area (Å²) >= 11 is 0. The number of aromatic nitrogens is 2. The summed E-state index contributed by atoms with van der Waals surface area (Å²) in [6.45, 7) is -0.243. The van der Waals surface area contributed by atoms with Crippen LogP contribution in [0.2, 0.25) is 0 Å². The molecule has 2 rings (SSSR count). The molecule has 0 spiro atoms. The zero-order chi connectivity index (χ0) is 14.8. The predicted octanol–water partition coefficient (Wildman–Crippen LogP) is 1.94. The van der Waals surface area contributed by atoms with E-state index >= 15 is 0 Å². The standard InChI is InChI=1S/C12H11F3N4O/c13-12(14,15)8-4-2-1-3-7(8)6-17-11(20)9-5-10(16)19-18-9/h1-5H,6H2,(H,17,20)(H3,16,18,19). The van der Waals surface area contributed by atoms with E-state index in [0.717, 1.165) is 6.07 Å². The van der Waals surface area contributed by atoms with E-state index in [1.807, 2.05) is 0 Å². The van der Waals surface area contributed by atoms with Crippen molar-refractivity contribution in [3.8, 4) is 0 Å². The molecule has 0 unspecified atom stereocenters. The van der Waals surface area contributed by atoms with Crippen molar-refractivity contribution in [2.24, 2.45) is 0 Å². The van der Waals surface area contributed by atoms with Gasteiger partial charge in [-0.3, -0.25) is 9.89 Å². The maximum absolute atomic E-state index is 12.8. The monoisotopic (exact) mass is 284 g/mol. The number of hydrogen-bond donors (Lipinski definition) is 3. The Labute approximate surface area is 112 Å². The van der Waals surface area contributed by atoms with Crippen molar-refractivity contribution in [3.63, 3.8) is 0 Å². The average molecular weight is 284 g/mol. The van der Waals surface area contributed by atoms with Gasteiger partial charge in [0.1, 0.15) is 11.5 Å². The van der Waals surface area contributed by atoms with Crippen molar-refractivity contribution in [2.45, 2.75) is 12.7 Å². The lowest BCUT2D eigenvalue weighted by Gasteiger charge is -2.12. The fraction of sp³-hybridized carbons (Fsp3) is 0.167. The second kappa shape index (κ2) is 5.24. The minimum absolute atomic E-state index is 0.0131. The molecular weight excluding hydrogens is 273 g/mol. The molecule has 5 nitrogen and oxygen atoms in total. The lowest BCUT2D eigenvalue weighted by atomic mass is 10.1. The molecule has 0 saturated heterocycles. The van der Waals surface area contributed by atoms with Gasteiger partial charge in [0.25, 0.3) is 5.91 Å². The Morgan fingerprint density at radius 2 is 2.05 bits per heavy atom. The number of carbonyl (C=O) groups is 1. The molecule has 0 fully saturated rings. The Morgan fingerprint density at radius 3 is 2.65 bits per heavy atom. The third-order valence-corrected chi connectivity index (χ3v) is 2.60. The van der Waals surface area contributed by atoms with Crippen molar-refractivity contribution in [2.75, 3.05) is 5.73 Å². The predicted molar refractivity (Wildman–Crippen MR) is 65.6 cm³/mol. The van der Waals surface area contributed by atoms with E-state index in [1.165, 1.54) is 24.3 Å². The number of nitrogens with zero attached hydrogens (tertiary/aromatic N) is 1. The van der Waals surface area contributed by atoms with E-state index in [4.69, 9.17) is 5.73 Å². The molecule has 0 atom stereocenters. The van der Waals surface area contributed by atoms with Crippen molar-refractivity contribution >= 4 is 11.7 Å². The van der Waals surface area contributed by atoms with Crippen LogP contribution in [0.1, 0.15) is 21.6 Å². The van der Waals surface area contributed by atoms with E-state index in [9.17, 15) is 18.0 Å². The van der Waals surface area contributed by atoms with Gasteiger partial charge in [-0.15, -0.1) is 0 Å². The van der Waals surface area contributed by atoms with Crippen LogP contribution in [-0.4, -0.2) is 16.1 Å². The molecular formula is C12H11F3N4O. The summed E-state index contributed by atoms with van der Waals surface area (Å²) < 4.78 is 38.3. The highest BCUT2D eigenvalue weighted by Gasteiger charge is 2.32. The molecule has 4 N–H and O–H groups in total. The number of halogens is 3. The Kier molecular flexibility index (Phi) is 3.64. The summed E-state index contributed by atoms with van der Waals surface area (Å²) in [7, 11) is 0. The zero-order valence-electron chi connectivity index (χ0n) is 10.2. The van der Waals surface area contributed by atoms with Crippen LogP contribution in [0.5, 0.6) is 0 Å². The van der Waals surface area contributed by atoms with Crippen LogP contribution in [0.15, 0.2) is 30.3 Å². The molecule has 106 valence electrons. The lowest BCUT2D eigenvalue weighted by molar-refractivity contribution is -0.138. The molecule has 0 radical (unpaired) electrons. The van der Waals surface area contributed by atoms with Crippen molar-refractivity contribution in [1.29, 1.82) is 0 Å². The van der Waals surface area contributed by atoms with Gasteiger partial charge in [0.15, 0.2) is 0 Å². The van der Waals surface area contributed by atoms with E-state index in [1.54, 1.807) is 0 Å². The third-order valence-electron chi connectivity index (χ3n) is 2.60. The van der Waals surface area contributed by atoms with Crippen LogP contribution in [0.3, 0.4) is 0 Å². The zero-order valence-corrected chi connectivity index (χ0v) is 10.2. The first-order chi connectivity index (χ1) is 9.38. The highest BCUT2D eigenvalue weighted by molar-refractivity contribution is 5.92. The molecule has 20 heavy (non-hydrogen) atoms. The maximum Gasteiger partial charge on any atom is 0.416 e. The van der Waals surface area contributed by atoms with E-state index < -0.39 is 17.6 Å². The van der Waals surface area contributed by atoms with Crippen molar-refractivity contribution < 1.29 is 18.0 Å². The van der Waals surface area contributed by atoms with Crippen LogP contribution < -0.4 is 11.1 Å². The third kappa shape index (κ3) is 3.08. The Hall–Kier alpha value is -2.51. The molecule has 0 bridgehead atoms. The Bertz CT molecular complexity index is 621. The normalized spacial score (nSPS) is 11.3. The summed E-state index contributed by atoms with van der Waals surface area (Å²) in [5.41, 5.74) is 4.64. The SMILES string of the molecule is Nc1cc(C(=O)NCc2ccccc2C(F)(F)F)[nH]n1. The molecule has 1 amide bonds. The van der Waals surface area contributed by atoms with Crippen LogP contribution in [0, 0.1) is 0 Å². The number of amides is 1. The average Bonchev–Trinajstić information content (AvgIpc) is 2.82. The quantitative estimate of drug-likeness (QED) is 0.805. The molecule has 1 heterocycles. The van der Waals surface area contributed by atoms with Crippen LogP contribution >= 0.6 is 0 Å². The van der Waals surface area contributed by atoms with Crippen LogP contribution in [0.4, 0.5) is 19.0 Å². The number of hydrogen-bond acceptors (Lipinski definition) is 3. The number of carbonyl (C=O) groups excluding carboxylic acids is 1. The second-order valence-corrected chi connectivity index (χ2v) is 4.04. The van der Waals surface area contributed by atoms with Crippen LogP contribution in [-0.2, 0) is 12.7 Å². The molecule has 0 aliphatic carbocycles. The van der Waals surface area contributed by atoms with Gasteiger partial charge < -0.3 is 11.1 Å². The molecule has 1 aromatic carbocycles. The summed E-state index contributed by atoms with van der Waals surface area (Å²) in [5, 5.41) is 8.31. The first-order valence-electron chi connectivity index (χ1n) is 5.62. The van der Waals surface area contributed by atoms with Gasteiger partial charge in [-0.2, -0.15) is 18.3 Å². The Morgan fingerprint density at radius 1 is 1.35 bits per heavy atom. The fourth-order valence-electron chi connectivity index (χ4n) is 1.68. The molecule has 0 aliphatic heterocycles. The van der Waals surface area contributed by atoms with Gasteiger partial charge in [-0.25, -0.2) is 0 Å². The van der Waals surface area contributed by atoms with Gasteiger partial charge >= 0.3 is 6.18 Å². The first-order valence-corrected chi connectivity index (χ1v) is 5.62. The van der Waals surface area contributed by atoms with Crippen molar-refractivity contribution in [1.82, 2.24) is 15.5 Å². The number of alkyl halides is 3. The number of nitrogens with one attached hydrogen (secondary N) is 2. The van der Waals surface area contributed by atoms with Gasteiger partial charge in [0.2, 0.25) is 0 Å². The fourth-order valence-corrected chi connectivity index (χ4v) is 1.68. The van der Waals surface area contributed by atoms with E-state index in [-0.39, 0.29) is 23.6 Å². The Balaban J connectivity index is 2.10. The highest BCUT2D eigenvalue weighted by atomic mass is 19.4. The van der Waals surface area contributed by atoms with Gasteiger partial charge in [-0.05, 0) is 11.6 Å². The number of nitrogen functional groups attached to an aromatic ring is 1. The number of nitrogens with two attached hydrogens (primary N) is 1. The summed E-state index contributed by atoms with van der Waals surface area (Å²) in [6, 6.07) is 6.35. The minimum atomic E-state index is -4.46. The molecule has 8 heteroatoms. The van der Waals surface area contributed by atoms with E-state index in [0.29, 0.717) is 0 Å².